The number of hydrogen-bond donors (Lipinski definition) is 0. The lowest BCUT2D eigenvalue weighted by Gasteiger charge is -2.06. The second-order valence-corrected chi connectivity index (χ2v) is 4.47. The summed E-state index contributed by atoms with van der Waals surface area (Å²) in [6.07, 6.45) is 5.71. The van der Waals surface area contributed by atoms with E-state index in [9.17, 15) is 4.79 Å². The first-order valence-corrected chi connectivity index (χ1v) is 5.69. The summed E-state index contributed by atoms with van der Waals surface area (Å²) in [6, 6.07) is 0. The normalized spacial score (nSPS) is 12.4. The van der Waals surface area contributed by atoms with Gasteiger partial charge in [0.15, 0.2) is 5.78 Å². The number of thioether (sulfide) groups is 1. The van der Waals surface area contributed by atoms with Crippen molar-refractivity contribution < 1.29 is 4.79 Å². The van der Waals surface area contributed by atoms with Crippen molar-refractivity contribution in [2.24, 2.45) is 0 Å². The molecule has 0 aromatic carbocycles. The zero-order valence-corrected chi connectivity index (χ0v) is 9.25. The molecule has 0 N–H and O–H groups in total. The van der Waals surface area contributed by atoms with E-state index in [-0.39, 0.29) is 5.78 Å². The van der Waals surface area contributed by atoms with Gasteiger partial charge < -0.3 is 0 Å². The molecule has 0 saturated heterocycles. The van der Waals surface area contributed by atoms with Crippen molar-refractivity contribution in [1.82, 2.24) is 9.97 Å². The molecule has 0 aliphatic heterocycles. The molecule has 76 valence electrons. The number of aromatic nitrogens is 2. The van der Waals surface area contributed by atoms with E-state index in [0.29, 0.717) is 16.7 Å². The number of nitrogens with zero attached hydrogens (tertiary/aromatic N) is 2. The van der Waals surface area contributed by atoms with Gasteiger partial charge in [-0.2, -0.15) is 11.8 Å². The van der Waals surface area contributed by atoms with Crippen molar-refractivity contribution >= 4 is 17.5 Å². The number of ketones is 1. The molecule has 0 bridgehead atoms. The van der Waals surface area contributed by atoms with E-state index in [2.05, 4.69) is 23.8 Å². The summed E-state index contributed by atoms with van der Waals surface area (Å²) < 4.78 is 0. The van der Waals surface area contributed by atoms with Gasteiger partial charge >= 0.3 is 0 Å². The molecule has 0 fully saturated rings. The number of carbonyl (C=O) groups is 1. The van der Waals surface area contributed by atoms with Gasteiger partial charge in [0.1, 0.15) is 5.69 Å². The Labute approximate surface area is 88.3 Å². The van der Waals surface area contributed by atoms with Gasteiger partial charge in [-0.1, -0.05) is 13.8 Å². The third-order valence-electron chi connectivity index (χ3n) is 1.92. The zero-order valence-electron chi connectivity index (χ0n) is 8.43. The highest BCUT2D eigenvalue weighted by Crippen LogP contribution is 2.14. The molecule has 3 nitrogen and oxygen atoms in total. The van der Waals surface area contributed by atoms with E-state index in [4.69, 9.17) is 0 Å². The quantitative estimate of drug-likeness (QED) is 0.699. The summed E-state index contributed by atoms with van der Waals surface area (Å²) in [5.41, 5.74) is 0.461. The Kier molecular flexibility index (Phi) is 4.59. The van der Waals surface area contributed by atoms with E-state index in [1.54, 1.807) is 24.2 Å². The van der Waals surface area contributed by atoms with Crippen molar-refractivity contribution in [3.8, 4) is 0 Å². The van der Waals surface area contributed by atoms with Crippen LogP contribution in [0.1, 0.15) is 30.8 Å². The lowest BCUT2D eigenvalue weighted by molar-refractivity contribution is 0.101. The van der Waals surface area contributed by atoms with Crippen LogP contribution >= 0.6 is 11.8 Å². The van der Waals surface area contributed by atoms with Crippen LogP contribution in [-0.2, 0) is 0 Å². The van der Waals surface area contributed by atoms with Crippen LogP contribution in [0, 0.1) is 0 Å². The molecule has 1 heterocycles. The number of Topliss-reactive ketones (excluding diaryl/α,β-unsaturated/α-hetero) is 1. The monoisotopic (exact) mass is 210 g/mol. The predicted molar refractivity (Wildman–Crippen MR) is 58.6 cm³/mol. The molecule has 0 saturated carbocycles. The number of rotatable bonds is 5. The number of hydrogen-bond acceptors (Lipinski definition) is 4. The summed E-state index contributed by atoms with van der Waals surface area (Å²) in [5, 5.41) is 0.524. The summed E-state index contributed by atoms with van der Waals surface area (Å²) in [4.78, 5) is 19.4. The van der Waals surface area contributed by atoms with Gasteiger partial charge in [-0.15, -0.1) is 0 Å². The van der Waals surface area contributed by atoms with E-state index in [1.807, 2.05) is 0 Å². The van der Waals surface area contributed by atoms with Crippen LogP contribution in [-0.4, -0.2) is 26.8 Å². The Hall–Kier alpha value is -0.900. The molecule has 0 radical (unpaired) electrons. The van der Waals surface area contributed by atoms with Crippen molar-refractivity contribution in [2.45, 2.75) is 25.5 Å². The van der Waals surface area contributed by atoms with Crippen LogP contribution in [0.5, 0.6) is 0 Å². The highest BCUT2D eigenvalue weighted by atomic mass is 32.2. The smallest absolute Gasteiger partial charge is 0.192 e. The maximum Gasteiger partial charge on any atom is 0.192 e. The maximum absolute atomic E-state index is 11.5. The fourth-order valence-corrected chi connectivity index (χ4v) is 1.67. The summed E-state index contributed by atoms with van der Waals surface area (Å²) in [5.74, 6) is 0.552. The van der Waals surface area contributed by atoms with E-state index < -0.39 is 0 Å². The highest BCUT2D eigenvalue weighted by Gasteiger charge is 2.09. The Morgan fingerprint density at radius 3 is 2.93 bits per heavy atom. The van der Waals surface area contributed by atoms with Gasteiger partial charge in [-0.05, 0) is 6.42 Å². The molecule has 1 aromatic rings. The molecule has 0 aliphatic rings. The van der Waals surface area contributed by atoms with Crippen LogP contribution in [0.3, 0.4) is 0 Å². The molecule has 0 amide bonds. The summed E-state index contributed by atoms with van der Waals surface area (Å²) >= 11 is 1.66. The summed E-state index contributed by atoms with van der Waals surface area (Å²) in [7, 11) is 0. The Bertz CT molecular complexity index is 289. The minimum Gasteiger partial charge on any atom is -0.291 e. The predicted octanol–water partition coefficient (Wildman–Crippen LogP) is 2.19. The first kappa shape index (κ1) is 11.2. The molecule has 14 heavy (non-hydrogen) atoms. The molecule has 0 aliphatic carbocycles. The van der Waals surface area contributed by atoms with Crippen molar-refractivity contribution in [2.75, 3.05) is 5.75 Å². The molecular weight excluding hydrogens is 196 g/mol. The minimum absolute atomic E-state index is 0.0587. The second kappa shape index (κ2) is 5.75. The van der Waals surface area contributed by atoms with Crippen molar-refractivity contribution in [3.05, 3.63) is 24.3 Å². The van der Waals surface area contributed by atoms with Crippen molar-refractivity contribution in [3.63, 3.8) is 0 Å². The minimum atomic E-state index is 0.0587. The molecule has 1 aromatic heterocycles. The fraction of sp³-hybridized carbons (Fsp3) is 0.500. The van der Waals surface area contributed by atoms with Crippen LogP contribution in [0.25, 0.3) is 0 Å². The van der Waals surface area contributed by atoms with Gasteiger partial charge in [0.2, 0.25) is 0 Å². The topological polar surface area (TPSA) is 42.9 Å². The SMILES string of the molecule is CCC(C)SCC(=O)c1cnccn1. The lowest BCUT2D eigenvalue weighted by Crippen LogP contribution is -2.08. The lowest BCUT2D eigenvalue weighted by atomic mass is 10.3. The molecule has 4 heteroatoms. The third kappa shape index (κ3) is 3.46. The zero-order chi connectivity index (χ0) is 10.4. The van der Waals surface area contributed by atoms with Crippen LogP contribution in [0.4, 0.5) is 0 Å². The molecular formula is C10H14N2OS. The van der Waals surface area contributed by atoms with Crippen molar-refractivity contribution in [1.29, 1.82) is 0 Å². The van der Waals surface area contributed by atoms with E-state index >= 15 is 0 Å². The average molecular weight is 210 g/mol. The van der Waals surface area contributed by atoms with E-state index in [0.717, 1.165) is 6.42 Å². The first-order chi connectivity index (χ1) is 6.74. The Morgan fingerprint density at radius 1 is 1.57 bits per heavy atom. The van der Waals surface area contributed by atoms with Gasteiger partial charge in [-0.25, -0.2) is 4.98 Å². The van der Waals surface area contributed by atoms with Crippen LogP contribution < -0.4 is 0 Å². The van der Waals surface area contributed by atoms with Gasteiger partial charge in [0.25, 0.3) is 0 Å². The largest absolute Gasteiger partial charge is 0.291 e. The maximum atomic E-state index is 11.5. The van der Waals surface area contributed by atoms with E-state index in [1.165, 1.54) is 6.20 Å². The van der Waals surface area contributed by atoms with Crippen LogP contribution in [0.15, 0.2) is 18.6 Å². The molecule has 1 rings (SSSR count). The Morgan fingerprint density at radius 2 is 2.36 bits per heavy atom. The first-order valence-electron chi connectivity index (χ1n) is 4.64. The number of carbonyl (C=O) groups excluding carboxylic acids is 1. The van der Waals surface area contributed by atoms with Gasteiger partial charge in [-0.3, -0.25) is 9.78 Å². The third-order valence-corrected chi connectivity index (χ3v) is 3.25. The fourth-order valence-electron chi connectivity index (χ4n) is 0.853. The Balaban J connectivity index is 2.44. The average Bonchev–Trinajstić information content (AvgIpc) is 2.26. The molecule has 1 unspecified atom stereocenters. The highest BCUT2D eigenvalue weighted by molar-refractivity contribution is 8.00. The molecule has 1 atom stereocenters. The van der Waals surface area contributed by atoms with Crippen LogP contribution in [0.2, 0.25) is 0 Å². The summed E-state index contributed by atoms with van der Waals surface area (Å²) in [6.45, 7) is 4.24. The van der Waals surface area contributed by atoms with Gasteiger partial charge in [0, 0.05) is 17.6 Å². The van der Waals surface area contributed by atoms with Gasteiger partial charge in [0.05, 0.1) is 11.9 Å². The molecule has 0 spiro atoms. The standard InChI is InChI=1S/C10H14N2OS/c1-3-8(2)14-7-10(13)9-6-11-4-5-12-9/h4-6,8H,3,7H2,1-2H3. The second-order valence-electron chi connectivity index (χ2n) is 3.04.